The van der Waals surface area contributed by atoms with Crippen LogP contribution in [0.1, 0.15) is 24.2 Å². The second-order valence-corrected chi connectivity index (χ2v) is 6.09. The number of hydrogen-bond acceptors (Lipinski definition) is 3. The minimum Gasteiger partial charge on any atom is -0.352 e. The zero-order valence-electron chi connectivity index (χ0n) is 13.7. The molecule has 0 radical (unpaired) electrons. The molecule has 0 bridgehead atoms. The van der Waals surface area contributed by atoms with Gasteiger partial charge < -0.3 is 5.32 Å². The number of rotatable bonds is 4. The Morgan fingerprint density at radius 3 is 2.54 bits per heavy atom. The molecule has 0 atom stereocenters. The van der Waals surface area contributed by atoms with Crippen LogP contribution in [0.25, 0.3) is 16.6 Å². The maximum absolute atomic E-state index is 12.6. The molecular formula is C19H19N3O2. The molecule has 5 nitrogen and oxygen atoms in total. The first-order chi connectivity index (χ1) is 11.6. The number of fused-ring (bicyclic) bond motifs is 1. The Morgan fingerprint density at radius 1 is 1.12 bits per heavy atom. The van der Waals surface area contributed by atoms with E-state index in [0.29, 0.717) is 34.6 Å². The SMILES string of the molecule is CC(C)CNC(=O)c1ccc(-n2cnc3ccccc3c2=O)cc1. The number of aromatic nitrogens is 2. The van der Waals surface area contributed by atoms with Crippen LogP contribution in [0.15, 0.2) is 59.7 Å². The lowest BCUT2D eigenvalue weighted by Crippen LogP contribution is -2.27. The molecule has 1 heterocycles. The largest absolute Gasteiger partial charge is 0.352 e. The molecule has 0 spiro atoms. The van der Waals surface area contributed by atoms with Crippen LogP contribution in [0.4, 0.5) is 0 Å². The highest BCUT2D eigenvalue weighted by atomic mass is 16.1. The number of nitrogens with one attached hydrogen (secondary N) is 1. The number of para-hydroxylation sites is 1. The van der Waals surface area contributed by atoms with E-state index in [1.807, 2.05) is 32.0 Å². The van der Waals surface area contributed by atoms with Crippen molar-refractivity contribution in [3.63, 3.8) is 0 Å². The minimum atomic E-state index is -0.127. The number of hydrogen-bond donors (Lipinski definition) is 1. The lowest BCUT2D eigenvalue weighted by atomic mass is 10.1. The van der Waals surface area contributed by atoms with Gasteiger partial charge in [-0.2, -0.15) is 0 Å². The van der Waals surface area contributed by atoms with Crippen LogP contribution in [0.5, 0.6) is 0 Å². The molecule has 0 saturated carbocycles. The van der Waals surface area contributed by atoms with Crippen molar-refractivity contribution in [2.45, 2.75) is 13.8 Å². The second-order valence-electron chi connectivity index (χ2n) is 6.09. The maximum atomic E-state index is 12.6. The fourth-order valence-electron chi connectivity index (χ4n) is 2.43. The van der Waals surface area contributed by atoms with Crippen molar-refractivity contribution in [3.8, 4) is 5.69 Å². The lowest BCUT2D eigenvalue weighted by Gasteiger charge is -2.09. The number of carbonyl (C=O) groups is 1. The Kier molecular flexibility index (Phi) is 4.42. The Morgan fingerprint density at radius 2 is 1.83 bits per heavy atom. The van der Waals surface area contributed by atoms with Gasteiger partial charge in [-0.15, -0.1) is 0 Å². The molecule has 24 heavy (non-hydrogen) atoms. The Bertz CT molecular complexity index is 927. The first kappa shape index (κ1) is 15.9. The summed E-state index contributed by atoms with van der Waals surface area (Å²) in [5.41, 5.74) is 1.79. The topological polar surface area (TPSA) is 64.0 Å². The van der Waals surface area contributed by atoms with Crippen LogP contribution in [0.2, 0.25) is 0 Å². The molecule has 5 heteroatoms. The van der Waals surface area contributed by atoms with Gasteiger partial charge in [0.2, 0.25) is 0 Å². The number of benzene rings is 2. The van der Waals surface area contributed by atoms with Gasteiger partial charge in [0.15, 0.2) is 0 Å². The highest BCUT2D eigenvalue weighted by Crippen LogP contribution is 2.11. The average molecular weight is 321 g/mol. The van der Waals surface area contributed by atoms with Crippen molar-refractivity contribution < 1.29 is 4.79 Å². The molecule has 1 aromatic heterocycles. The Labute approximate surface area is 140 Å². The van der Waals surface area contributed by atoms with Crippen molar-refractivity contribution >= 4 is 16.8 Å². The molecule has 0 saturated heterocycles. The molecule has 0 aliphatic rings. The third-order valence-corrected chi connectivity index (χ3v) is 3.74. The fraction of sp³-hybridized carbons (Fsp3) is 0.211. The van der Waals surface area contributed by atoms with Gasteiger partial charge >= 0.3 is 0 Å². The van der Waals surface area contributed by atoms with Crippen LogP contribution in [0, 0.1) is 5.92 Å². The van der Waals surface area contributed by atoms with Gasteiger partial charge in [0.25, 0.3) is 11.5 Å². The summed E-state index contributed by atoms with van der Waals surface area (Å²) in [5, 5.41) is 3.44. The number of carbonyl (C=O) groups excluding carboxylic acids is 1. The van der Waals surface area contributed by atoms with E-state index in [0.717, 1.165) is 0 Å². The van der Waals surface area contributed by atoms with Crippen LogP contribution < -0.4 is 10.9 Å². The molecule has 0 aliphatic heterocycles. The molecular weight excluding hydrogens is 302 g/mol. The van der Waals surface area contributed by atoms with Gasteiger partial charge in [0.1, 0.15) is 6.33 Å². The average Bonchev–Trinajstić information content (AvgIpc) is 2.60. The minimum absolute atomic E-state index is 0.112. The summed E-state index contributed by atoms with van der Waals surface area (Å²) >= 11 is 0. The standard InChI is InChI=1S/C19H19N3O2/c1-13(2)11-20-18(23)14-7-9-15(10-8-14)22-12-21-17-6-4-3-5-16(17)19(22)24/h3-10,12-13H,11H2,1-2H3,(H,20,23). The summed E-state index contributed by atoms with van der Waals surface area (Å²) < 4.78 is 1.48. The molecule has 0 unspecified atom stereocenters. The molecule has 3 aromatic rings. The smallest absolute Gasteiger partial charge is 0.265 e. The molecule has 122 valence electrons. The first-order valence-electron chi connectivity index (χ1n) is 7.91. The summed E-state index contributed by atoms with van der Waals surface area (Å²) in [6, 6.07) is 14.2. The number of nitrogens with zero attached hydrogens (tertiary/aromatic N) is 2. The maximum Gasteiger partial charge on any atom is 0.265 e. The zero-order valence-corrected chi connectivity index (χ0v) is 13.7. The third-order valence-electron chi connectivity index (χ3n) is 3.74. The first-order valence-corrected chi connectivity index (χ1v) is 7.91. The molecule has 1 amide bonds. The summed E-state index contributed by atoms with van der Waals surface area (Å²) in [5.74, 6) is 0.287. The molecule has 0 fully saturated rings. The predicted octanol–water partition coefficient (Wildman–Crippen LogP) is 2.77. The van der Waals surface area contributed by atoms with E-state index >= 15 is 0 Å². The molecule has 1 N–H and O–H groups in total. The van der Waals surface area contributed by atoms with Gasteiger partial charge in [0.05, 0.1) is 16.6 Å². The molecule has 2 aromatic carbocycles. The Balaban J connectivity index is 1.90. The van der Waals surface area contributed by atoms with Crippen molar-refractivity contribution in [1.82, 2.24) is 14.9 Å². The predicted molar refractivity (Wildman–Crippen MR) is 94.5 cm³/mol. The van der Waals surface area contributed by atoms with Crippen molar-refractivity contribution in [2.75, 3.05) is 6.54 Å². The Hall–Kier alpha value is -2.95. The van der Waals surface area contributed by atoms with E-state index in [9.17, 15) is 9.59 Å². The normalized spacial score (nSPS) is 11.0. The summed E-state index contributed by atoms with van der Waals surface area (Å²) in [6.07, 6.45) is 1.51. The lowest BCUT2D eigenvalue weighted by molar-refractivity contribution is 0.0949. The highest BCUT2D eigenvalue weighted by molar-refractivity contribution is 5.94. The summed E-state index contributed by atoms with van der Waals surface area (Å²) in [4.78, 5) is 28.9. The summed E-state index contributed by atoms with van der Waals surface area (Å²) in [6.45, 7) is 4.72. The summed E-state index contributed by atoms with van der Waals surface area (Å²) in [7, 11) is 0. The van der Waals surface area contributed by atoms with Gasteiger partial charge in [-0.1, -0.05) is 26.0 Å². The molecule has 0 aliphatic carbocycles. The van der Waals surface area contributed by atoms with Crippen molar-refractivity contribution in [1.29, 1.82) is 0 Å². The van der Waals surface area contributed by atoms with Crippen molar-refractivity contribution in [2.24, 2.45) is 5.92 Å². The van der Waals surface area contributed by atoms with E-state index in [4.69, 9.17) is 0 Å². The van der Waals surface area contributed by atoms with Crippen LogP contribution in [0.3, 0.4) is 0 Å². The van der Waals surface area contributed by atoms with Crippen LogP contribution in [-0.4, -0.2) is 22.0 Å². The number of amides is 1. The highest BCUT2D eigenvalue weighted by Gasteiger charge is 2.08. The van der Waals surface area contributed by atoms with E-state index in [2.05, 4.69) is 10.3 Å². The van der Waals surface area contributed by atoms with E-state index in [1.165, 1.54) is 10.9 Å². The second kappa shape index (κ2) is 6.66. The van der Waals surface area contributed by atoms with Gasteiger partial charge in [0, 0.05) is 12.1 Å². The monoisotopic (exact) mass is 321 g/mol. The fourth-order valence-corrected chi connectivity index (χ4v) is 2.43. The van der Waals surface area contributed by atoms with E-state index in [-0.39, 0.29) is 11.5 Å². The van der Waals surface area contributed by atoms with Crippen LogP contribution >= 0.6 is 0 Å². The van der Waals surface area contributed by atoms with E-state index in [1.54, 1.807) is 30.3 Å². The quantitative estimate of drug-likeness (QED) is 0.803. The zero-order chi connectivity index (χ0) is 17.1. The van der Waals surface area contributed by atoms with Gasteiger partial charge in [-0.05, 0) is 42.3 Å². The molecule has 3 rings (SSSR count). The van der Waals surface area contributed by atoms with E-state index < -0.39 is 0 Å². The van der Waals surface area contributed by atoms with Gasteiger partial charge in [-0.25, -0.2) is 4.98 Å². The van der Waals surface area contributed by atoms with Gasteiger partial charge in [-0.3, -0.25) is 14.2 Å². The van der Waals surface area contributed by atoms with Crippen LogP contribution in [-0.2, 0) is 0 Å². The van der Waals surface area contributed by atoms with Crippen molar-refractivity contribution in [3.05, 3.63) is 70.8 Å². The third kappa shape index (κ3) is 3.20.